The lowest BCUT2D eigenvalue weighted by Gasteiger charge is -2.08. The van der Waals surface area contributed by atoms with E-state index in [0.717, 1.165) is 34.3 Å². The Morgan fingerprint density at radius 1 is 0.853 bits per heavy atom. The number of hydrogen-bond acceptors (Lipinski definition) is 4. The van der Waals surface area contributed by atoms with E-state index in [9.17, 15) is 8.42 Å². The Bertz CT molecular complexity index is 1470. The molecule has 0 atom stereocenters. The van der Waals surface area contributed by atoms with Crippen LogP contribution >= 0.6 is 11.6 Å². The molecule has 0 bridgehead atoms. The molecule has 4 aromatic carbocycles. The van der Waals surface area contributed by atoms with Crippen molar-refractivity contribution >= 4 is 44.5 Å². The molecule has 6 nitrogen and oxygen atoms in total. The van der Waals surface area contributed by atoms with E-state index in [2.05, 4.69) is 9.71 Å². The number of anilines is 1. The summed E-state index contributed by atoms with van der Waals surface area (Å²) in [5, 5.41) is 2.37. The highest BCUT2D eigenvalue weighted by atomic mass is 35.5. The van der Waals surface area contributed by atoms with Crippen molar-refractivity contribution in [2.45, 2.75) is 11.3 Å². The molecule has 0 aromatic heterocycles. The lowest BCUT2D eigenvalue weighted by Crippen LogP contribution is -2.81. The van der Waals surface area contributed by atoms with Crippen LogP contribution < -0.4 is 14.8 Å². The molecular formula is C26H21ClN3O3S+. The number of nitrogens with one attached hydrogen (secondary N) is 1. The number of nitrogens with two attached hydrogens (primary N) is 1. The molecule has 1 heterocycles. The third kappa shape index (κ3) is 5.12. The third-order valence-corrected chi connectivity index (χ3v) is 6.88. The van der Waals surface area contributed by atoms with Crippen LogP contribution in [-0.2, 0) is 16.4 Å². The molecule has 0 unspecified atom stereocenters. The Kier molecular flexibility index (Phi) is 6.06. The summed E-state index contributed by atoms with van der Waals surface area (Å²) < 4.78 is 33.8. The van der Waals surface area contributed by atoms with Gasteiger partial charge in [0.15, 0.2) is 5.69 Å². The Morgan fingerprint density at radius 2 is 1.62 bits per heavy atom. The molecule has 170 valence electrons. The van der Waals surface area contributed by atoms with Crippen LogP contribution in [0, 0.1) is 0 Å². The predicted octanol–water partition coefficient (Wildman–Crippen LogP) is 5.41. The van der Waals surface area contributed by atoms with E-state index in [4.69, 9.17) is 16.3 Å². The second kappa shape index (κ2) is 9.30. The minimum absolute atomic E-state index is 0.107. The molecule has 8 heteroatoms. The quantitative estimate of drug-likeness (QED) is 0.339. The molecule has 0 amide bonds. The third-order valence-electron chi connectivity index (χ3n) is 5.26. The van der Waals surface area contributed by atoms with Crippen LogP contribution in [0.3, 0.4) is 0 Å². The topological polar surface area (TPSA) is 84.4 Å². The molecule has 0 saturated heterocycles. The van der Waals surface area contributed by atoms with Gasteiger partial charge in [0, 0.05) is 11.1 Å². The summed E-state index contributed by atoms with van der Waals surface area (Å²) in [4.78, 5) is 4.80. The highest BCUT2D eigenvalue weighted by Gasteiger charge is 2.22. The Hall–Kier alpha value is -3.65. The Morgan fingerprint density at radius 3 is 2.38 bits per heavy atom. The number of nitrogens with zero attached hydrogens (tertiary/aromatic N) is 1. The summed E-state index contributed by atoms with van der Waals surface area (Å²) in [6.07, 6.45) is 0.657. The van der Waals surface area contributed by atoms with E-state index in [1.807, 2.05) is 66.0 Å². The molecule has 5 rings (SSSR count). The maximum Gasteiger partial charge on any atom is 0.261 e. The van der Waals surface area contributed by atoms with Gasteiger partial charge in [-0.1, -0.05) is 48.0 Å². The van der Waals surface area contributed by atoms with Crippen molar-refractivity contribution in [2.75, 3.05) is 4.72 Å². The second-order valence-corrected chi connectivity index (χ2v) is 9.94. The summed E-state index contributed by atoms with van der Waals surface area (Å²) in [5.74, 6) is 2.47. The van der Waals surface area contributed by atoms with Gasteiger partial charge in [0.05, 0.1) is 17.0 Å². The molecule has 0 radical (unpaired) electrons. The van der Waals surface area contributed by atoms with Crippen LogP contribution in [0.2, 0.25) is 5.02 Å². The van der Waals surface area contributed by atoms with Crippen molar-refractivity contribution in [1.82, 2.24) is 0 Å². The van der Waals surface area contributed by atoms with E-state index in [1.54, 1.807) is 24.3 Å². The van der Waals surface area contributed by atoms with Gasteiger partial charge in [-0.15, -0.1) is 0 Å². The lowest BCUT2D eigenvalue weighted by atomic mass is 10.1. The van der Waals surface area contributed by atoms with E-state index in [0.29, 0.717) is 17.1 Å². The first-order chi connectivity index (χ1) is 16.4. The first-order valence-electron chi connectivity index (χ1n) is 10.6. The monoisotopic (exact) mass is 490 g/mol. The normalized spacial score (nSPS) is 12.7. The molecule has 4 aromatic rings. The van der Waals surface area contributed by atoms with Crippen molar-refractivity contribution < 1.29 is 18.5 Å². The lowest BCUT2D eigenvalue weighted by molar-refractivity contribution is -0.440. The van der Waals surface area contributed by atoms with Crippen molar-refractivity contribution in [3.8, 4) is 11.5 Å². The number of benzene rings is 4. The summed E-state index contributed by atoms with van der Waals surface area (Å²) in [5.41, 5.74) is 3.22. The van der Waals surface area contributed by atoms with Gasteiger partial charge >= 0.3 is 0 Å². The van der Waals surface area contributed by atoms with Gasteiger partial charge in [-0.3, -0.25) is 10.0 Å². The van der Waals surface area contributed by atoms with Crippen molar-refractivity contribution in [1.29, 1.82) is 0 Å². The van der Waals surface area contributed by atoms with Crippen molar-refractivity contribution in [2.24, 2.45) is 4.99 Å². The number of sulfonamides is 1. The van der Waals surface area contributed by atoms with Crippen LogP contribution in [0.15, 0.2) is 107 Å². The van der Waals surface area contributed by atoms with Crippen LogP contribution in [-0.4, -0.2) is 14.3 Å². The minimum atomic E-state index is -3.75. The van der Waals surface area contributed by atoms with Gasteiger partial charge in [0.25, 0.3) is 10.0 Å². The van der Waals surface area contributed by atoms with Gasteiger partial charge in [0.1, 0.15) is 17.2 Å². The van der Waals surface area contributed by atoms with Crippen molar-refractivity contribution in [3.63, 3.8) is 0 Å². The zero-order chi connectivity index (χ0) is 23.5. The van der Waals surface area contributed by atoms with Crippen LogP contribution in [0.1, 0.15) is 5.56 Å². The van der Waals surface area contributed by atoms with Gasteiger partial charge in [-0.25, -0.2) is 8.42 Å². The Balaban J connectivity index is 1.26. The summed E-state index contributed by atoms with van der Waals surface area (Å²) in [7, 11) is -3.75. The number of fused-ring (bicyclic) bond motifs is 1. The Labute approximate surface area is 202 Å². The SMILES string of the molecule is O=S(=O)(Nc1ccc2c(c1)N=C(Cc1ccc(Oc3ccccc3)cc1)[NH2+]2)c1cccc(Cl)c1. The average molecular weight is 491 g/mol. The fourth-order valence-electron chi connectivity index (χ4n) is 3.64. The average Bonchev–Trinajstić information content (AvgIpc) is 3.22. The fraction of sp³-hybridized carbons (Fsp3) is 0.0385. The second-order valence-electron chi connectivity index (χ2n) is 7.82. The van der Waals surface area contributed by atoms with Crippen molar-refractivity contribution in [3.05, 3.63) is 108 Å². The van der Waals surface area contributed by atoms with E-state index in [-0.39, 0.29) is 4.90 Å². The first-order valence-corrected chi connectivity index (χ1v) is 12.5. The number of aliphatic imine (C=N–C) groups is 1. The van der Waals surface area contributed by atoms with Crippen LogP contribution in [0.25, 0.3) is 0 Å². The van der Waals surface area contributed by atoms with E-state index >= 15 is 0 Å². The van der Waals surface area contributed by atoms with Gasteiger partial charge in [-0.2, -0.15) is 4.99 Å². The number of rotatable bonds is 7. The maximum absolute atomic E-state index is 12.7. The largest absolute Gasteiger partial charge is 0.457 e. The number of ether oxygens (including phenoxy) is 1. The van der Waals surface area contributed by atoms with Crippen LogP contribution in [0.4, 0.5) is 17.1 Å². The minimum Gasteiger partial charge on any atom is -0.457 e. The smallest absolute Gasteiger partial charge is 0.261 e. The van der Waals surface area contributed by atoms with Gasteiger partial charge < -0.3 is 4.74 Å². The molecule has 0 fully saturated rings. The summed E-state index contributed by atoms with van der Waals surface area (Å²) in [6.45, 7) is 0. The predicted molar refractivity (Wildman–Crippen MR) is 134 cm³/mol. The number of quaternary nitrogens is 1. The molecule has 34 heavy (non-hydrogen) atoms. The molecule has 3 N–H and O–H groups in total. The molecule has 0 aliphatic carbocycles. The van der Waals surface area contributed by atoms with E-state index < -0.39 is 10.0 Å². The fourth-order valence-corrected chi connectivity index (χ4v) is 4.99. The zero-order valence-electron chi connectivity index (χ0n) is 18.0. The summed E-state index contributed by atoms with van der Waals surface area (Å²) in [6, 6.07) is 29.0. The maximum atomic E-state index is 12.7. The number of halogens is 1. The molecular weight excluding hydrogens is 470 g/mol. The molecule has 0 saturated carbocycles. The number of para-hydroxylation sites is 1. The van der Waals surface area contributed by atoms with Gasteiger partial charge in [-0.05, 0) is 60.2 Å². The van der Waals surface area contributed by atoms with E-state index in [1.165, 1.54) is 12.1 Å². The molecule has 1 aliphatic rings. The zero-order valence-corrected chi connectivity index (χ0v) is 19.6. The first kappa shape index (κ1) is 22.2. The molecule has 0 spiro atoms. The number of hydrogen-bond donors (Lipinski definition) is 2. The van der Waals surface area contributed by atoms with Crippen LogP contribution in [0.5, 0.6) is 11.5 Å². The van der Waals surface area contributed by atoms with Gasteiger partial charge in [0.2, 0.25) is 5.84 Å². The number of amidine groups is 1. The molecule has 1 aliphatic heterocycles. The highest BCUT2D eigenvalue weighted by molar-refractivity contribution is 7.92. The summed E-state index contributed by atoms with van der Waals surface area (Å²) >= 11 is 5.94. The standard InChI is InChI=1S/C26H20ClN3O3S/c27-19-5-4-8-23(16-19)34(31,32)30-20-11-14-24-25(17-20)29-26(28-24)15-18-9-12-22(13-10-18)33-21-6-2-1-3-7-21/h1-14,16-17,30H,15H2,(H,28,29)/p+1. The highest BCUT2D eigenvalue weighted by Crippen LogP contribution is 2.30.